The lowest BCUT2D eigenvalue weighted by Crippen LogP contribution is -2.45. The number of aliphatic hydroxyl groups is 1. The molecule has 0 aromatic carbocycles. The average Bonchev–Trinajstić information content (AvgIpc) is 2.90. The number of rotatable bonds is 7. The van der Waals surface area contributed by atoms with Gasteiger partial charge in [-0.05, 0) is 38.5 Å². The van der Waals surface area contributed by atoms with E-state index in [2.05, 4.69) is 19.2 Å². The van der Waals surface area contributed by atoms with E-state index in [1.807, 2.05) is 0 Å². The van der Waals surface area contributed by atoms with E-state index < -0.39 is 0 Å². The minimum atomic E-state index is -0.369. The molecule has 3 nitrogen and oxygen atoms in total. The van der Waals surface area contributed by atoms with E-state index in [0.717, 1.165) is 0 Å². The highest BCUT2D eigenvalue weighted by atomic mass is 16.5. The van der Waals surface area contributed by atoms with Gasteiger partial charge in [-0.2, -0.15) is 0 Å². The smallest absolute Gasteiger partial charge is 0.0898 e. The zero-order valence-electron chi connectivity index (χ0n) is 13.4. The predicted molar refractivity (Wildman–Crippen MR) is 82.9 cm³/mol. The van der Waals surface area contributed by atoms with Crippen molar-refractivity contribution in [2.24, 2.45) is 5.92 Å². The summed E-state index contributed by atoms with van der Waals surface area (Å²) in [7, 11) is 0. The van der Waals surface area contributed by atoms with Crippen molar-refractivity contribution >= 4 is 0 Å². The first kappa shape index (κ1) is 16.3. The summed E-state index contributed by atoms with van der Waals surface area (Å²) in [5.41, 5.74) is 0.248. The fourth-order valence-corrected chi connectivity index (χ4v) is 3.85. The van der Waals surface area contributed by atoms with Gasteiger partial charge in [0, 0.05) is 12.1 Å². The van der Waals surface area contributed by atoms with Gasteiger partial charge in [0.25, 0.3) is 0 Å². The quantitative estimate of drug-likeness (QED) is 0.753. The third-order valence-electron chi connectivity index (χ3n) is 5.34. The Bertz CT molecular complexity index is 276. The van der Waals surface area contributed by atoms with Crippen LogP contribution in [0.4, 0.5) is 0 Å². The number of hydrogen-bond acceptors (Lipinski definition) is 3. The van der Waals surface area contributed by atoms with Crippen molar-refractivity contribution in [2.75, 3.05) is 13.2 Å². The highest BCUT2D eigenvalue weighted by Crippen LogP contribution is 2.30. The van der Waals surface area contributed by atoms with Gasteiger partial charge in [-0.3, -0.25) is 0 Å². The summed E-state index contributed by atoms with van der Waals surface area (Å²) in [5, 5.41) is 13.7. The predicted octanol–water partition coefficient (Wildman–Crippen LogP) is 3.26. The molecule has 0 spiro atoms. The molecule has 3 unspecified atom stereocenters. The molecule has 2 aliphatic carbocycles. The van der Waals surface area contributed by atoms with Crippen LogP contribution in [-0.2, 0) is 4.74 Å². The van der Waals surface area contributed by atoms with Gasteiger partial charge >= 0.3 is 0 Å². The second-order valence-electron chi connectivity index (χ2n) is 7.13. The molecule has 0 radical (unpaired) electrons. The molecular formula is C17H33NO2. The second kappa shape index (κ2) is 7.77. The molecular weight excluding hydrogens is 250 g/mol. The van der Waals surface area contributed by atoms with Crippen LogP contribution in [0.5, 0.6) is 0 Å². The average molecular weight is 283 g/mol. The monoisotopic (exact) mass is 283 g/mol. The molecule has 20 heavy (non-hydrogen) atoms. The van der Waals surface area contributed by atoms with Crippen molar-refractivity contribution in [3.05, 3.63) is 0 Å². The molecule has 3 heteroatoms. The normalized spacial score (nSPS) is 31.4. The molecule has 0 heterocycles. The van der Waals surface area contributed by atoms with E-state index in [1.165, 1.54) is 57.8 Å². The van der Waals surface area contributed by atoms with E-state index in [4.69, 9.17) is 4.74 Å². The number of hydrogen-bond donors (Lipinski definition) is 2. The Kier molecular flexibility index (Phi) is 6.31. The summed E-state index contributed by atoms with van der Waals surface area (Å²) in [6.07, 6.45) is 11.4. The van der Waals surface area contributed by atoms with Gasteiger partial charge in [-0.1, -0.05) is 39.0 Å². The van der Waals surface area contributed by atoms with E-state index in [-0.39, 0.29) is 11.6 Å². The van der Waals surface area contributed by atoms with Crippen LogP contribution >= 0.6 is 0 Å². The van der Waals surface area contributed by atoms with Crippen LogP contribution in [0.2, 0.25) is 0 Å². The summed E-state index contributed by atoms with van der Waals surface area (Å²) < 4.78 is 6.01. The first-order valence-corrected chi connectivity index (χ1v) is 8.67. The van der Waals surface area contributed by atoms with Gasteiger partial charge in [-0.15, -0.1) is 0 Å². The Hall–Kier alpha value is -0.120. The summed E-state index contributed by atoms with van der Waals surface area (Å²) in [4.78, 5) is 0. The molecule has 0 aliphatic heterocycles. The topological polar surface area (TPSA) is 41.5 Å². The summed E-state index contributed by atoms with van der Waals surface area (Å²) in [5.74, 6) is 0.705. The lowest BCUT2D eigenvalue weighted by atomic mass is 9.85. The van der Waals surface area contributed by atoms with Gasteiger partial charge in [-0.25, -0.2) is 0 Å². The third-order valence-corrected chi connectivity index (χ3v) is 5.34. The minimum Gasteiger partial charge on any atom is -0.389 e. The Morgan fingerprint density at radius 3 is 2.60 bits per heavy atom. The molecule has 0 saturated heterocycles. The van der Waals surface area contributed by atoms with Gasteiger partial charge in [0.15, 0.2) is 0 Å². The van der Waals surface area contributed by atoms with Crippen molar-refractivity contribution in [3.8, 4) is 0 Å². The Morgan fingerprint density at radius 1 is 1.20 bits per heavy atom. The molecule has 2 N–H and O–H groups in total. The fourth-order valence-electron chi connectivity index (χ4n) is 3.85. The Balaban J connectivity index is 1.65. The van der Waals surface area contributed by atoms with Crippen LogP contribution in [-0.4, -0.2) is 36.0 Å². The van der Waals surface area contributed by atoms with Crippen molar-refractivity contribution < 1.29 is 9.84 Å². The molecule has 2 aliphatic rings. The van der Waals surface area contributed by atoms with Crippen LogP contribution in [0.1, 0.15) is 71.6 Å². The lowest BCUT2D eigenvalue weighted by molar-refractivity contribution is -0.0510. The standard InChI is InChI=1S/C17H33NO2/c1-3-14-8-4-5-9-16(14)20-13-15(19)12-18-17(2)10-6-7-11-17/h14-16,18-19H,3-13H2,1-2H3. The van der Waals surface area contributed by atoms with Gasteiger partial charge in [0.1, 0.15) is 0 Å². The SMILES string of the molecule is CCC1CCCCC1OCC(O)CNC1(C)CCCC1. The van der Waals surface area contributed by atoms with Crippen LogP contribution < -0.4 is 5.32 Å². The van der Waals surface area contributed by atoms with Crippen molar-refractivity contribution in [1.29, 1.82) is 0 Å². The first-order valence-electron chi connectivity index (χ1n) is 8.67. The largest absolute Gasteiger partial charge is 0.389 e. The van der Waals surface area contributed by atoms with Crippen LogP contribution in [0.3, 0.4) is 0 Å². The molecule has 0 aromatic rings. The van der Waals surface area contributed by atoms with Crippen molar-refractivity contribution in [3.63, 3.8) is 0 Å². The van der Waals surface area contributed by atoms with Gasteiger partial charge < -0.3 is 15.2 Å². The van der Waals surface area contributed by atoms with E-state index in [1.54, 1.807) is 0 Å². The maximum atomic E-state index is 10.1. The van der Waals surface area contributed by atoms with Crippen LogP contribution in [0.15, 0.2) is 0 Å². The zero-order chi connectivity index (χ0) is 14.4. The second-order valence-corrected chi connectivity index (χ2v) is 7.13. The van der Waals surface area contributed by atoms with E-state index >= 15 is 0 Å². The van der Waals surface area contributed by atoms with Gasteiger partial charge in [0.2, 0.25) is 0 Å². The molecule has 2 saturated carbocycles. The molecule has 2 fully saturated rings. The Labute approximate surface area is 124 Å². The number of ether oxygens (including phenoxy) is 1. The van der Waals surface area contributed by atoms with Crippen LogP contribution in [0, 0.1) is 5.92 Å². The molecule has 118 valence electrons. The molecule has 0 amide bonds. The molecule has 3 atom stereocenters. The maximum Gasteiger partial charge on any atom is 0.0898 e. The third kappa shape index (κ3) is 4.71. The summed E-state index contributed by atoms with van der Waals surface area (Å²) in [6.45, 7) is 5.69. The number of nitrogens with one attached hydrogen (secondary N) is 1. The summed E-state index contributed by atoms with van der Waals surface area (Å²) >= 11 is 0. The number of aliphatic hydroxyl groups excluding tert-OH is 1. The highest BCUT2D eigenvalue weighted by molar-refractivity contribution is 4.88. The van der Waals surface area contributed by atoms with E-state index in [9.17, 15) is 5.11 Å². The highest BCUT2D eigenvalue weighted by Gasteiger charge is 2.29. The zero-order valence-corrected chi connectivity index (χ0v) is 13.4. The van der Waals surface area contributed by atoms with Crippen LogP contribution in [0.25, 0.3) is 0 Å². The van der Waals surface area contributed by atoms with Crippen molar-refractivity contribution in [1.82, 2.24) is 5.32 Å². The van der Waals surface area contributed by atoms with Crippen molar-refractivity contribution in [2.45, 2.75) is 89.4 Å². The molecule has 0 aromatic heterocycles. The lowest BCUT2D eigenvalue weighted by Gasteiger charge is -2.32. The first-order chi connectivity index (χ1) is 9.63. The van der Waals surface area contributed by atoms with Gasteiger partial charge in [0.05, 0.1) is 18.8 Å². The minimum absolute atomic E-state index is 0.248. The fraction of sp³-hybridized carbons (Fsp3) is 1.00. The van der Waals surface area contributed by atoms with E-state index in [0.29, 0.717) is 25.2 Å². The maximum absolute atomic E-state index is 10.1. The Morgan fingerprint density at radius 2 is 1.90 bits per heavy atom. The molecule has 2 rings (SSSR count). The number of β-amino-alcohol motifs (C(OH)–C–C–N with tert-alkyl or cyclic N) is 1. The molecule has 0 bridgehead atoms. The summed E-state index contributed by atoms with van der Waals surface area (Å²) in [6, 6.07) is 0.